The zero-order chi connectivity index (χ0) is 27.4. The summed E-state index contributed by atoms with van der Waals surface area (Å²) in [6.07, 6.45) is -0.690. The summed E-state index contributed by atoms with van der Waals surface area (Å²) in [4.78, 5) is 41.8. The zero-order valence-corrected chi connectivity index (χ0v) is 23.3. The molecule has 0 aliphatic heterocycles. The van der Waals surface area contributed by atoms with E-state index in [1.165, 1.54) is 0 Å². The van der Waals surface area contributed by atoms with Gasteiger partial charge >= 0.3 is 6.09 Å². The maximum absolute atomic E-state index is 13.9. The van der Waals surface area contributed by atoms with Gasteiger partial charge in [-0.1, -0.05) is 42.0 Å². The van der Waals surface area contributed by atoms with Crippen LogP contribution in [0.5, 0.6) is 0 Å². The molecule has 2 atom stereocenters. The highest BCUT2D eigenvalue weighted by Gasteiger charge is 2.41. The monoisotopic (exact) mass is 495 g/mol. The minimum absolute atomic E-state index is 0.330. The quantitative estimate of drug-likeness (QED) is 0.528. The van der Waals surface area contributed by atoms with Crippen molar-refractivity contribution in [2.24, 2.45) is 0 Å². The molecule has 2 N–H and O–H groups in total. The highest BCUT2D eigenvalue weighted by molar-refractivity contribution is 5.99. The Kier molecular flexibility index (Phi) is 8.94. The average Bonchev–Trinajstić information content (AvgIpc) is 2.71. The van der Waals surface area contributed by atoms with E-state index < -0.39 is 35.2 Å². The van der Waals surface area contributed by atoms with Gasteiger partial charge in [-0.05, 0) is 92.0 Å². The number of para-hydroxylation sites is 1. The molecule has 0 aromatic heterocycles. The molecule has 3 amide bonds. The fraction of sp³-hybridized carbons (Fsp3) is 0.483. The molecule has 0 saturated heterocycles. The maximum atomic E-state index is 13.9. The first-order chi connectivity index (χ1) is 16.5. The molecule has 0 saturated carbocycles. The third-order valence-electron chi connectivity index (χ3n) is 5.69. The summed E-state index contributed by atoms with van der Waals surface area (Å²) in [7, 11) is 0. The van der Waals surface area contributed by atoms with Gasteiger partial charge in [0, 0.05) is 11.2 Å². The molecule has 7 heteroatoms. The first-order valence-electron chi connectivity index (χ1n) is 12.3. The highest BCUT2D eigenvalue weighted by Crippen LogP contribution is 2.33. The highest BCUT2D eigenvalue weighted by atomic mass is 16.6. The van der Waals surface area contributed by atoms with Crippen LogP contribution < -0.4 is 10.6 Å². The van der Waals surface area contributed by atoms with Crippen LogP contribution in [0, 0.1) is 20.8 Å². The van der Waals surface area contributed by atoms with Crippen LogP contribution in [0.1, 0.15) is 76.8 Å². The summed E-state index contributed by atoms with van der Waals surface area (Å²) in [6.45, 7) is 18.3. The van der Waals surface area contributed by atoms with E-state index in [0.29, 0.717) is 5.69 Å². The van der Waals surface area contributed by atoms with E-state index in [0.717, 1.165) is 22.3 Å². The number of nitrogens with zero attached hydrogens (tertiary/aromatic N) is 1. The summed E-state index contributed by atoms with van der Waals surface area (Å²) in [6, 6.07) is 11.5. The van der Waals surface area contributed by atoms with Gasteiger partial charge in [0.15, 0.2) is 0 Å². The number of anilines is 1. The number of benzene rings is 2. The Morgan fingerprint density at radius 3 is 2.03 bits per heavy atom. The summed E-state index contributed by atoms with van der Waals surface area (Å²) in [5, 5.41) is 5.66. The number of hydrogen-bond donors (Lipinski definition) is 2. The first-order valence-corrected chi connectivity index (χ1v) is 12.3. The van der Waals surface area contributed by atoms with Gasteiger partial charge in [0.2, 0.25) is 5.91 Å². The molecule has 0 fully saturated rings. The van der Waals surface area contributed by atoms with Crippen LogP contribution in [-0.4, -0.2) is 40.0 Å². The Hall–Kier alpha value is -3.35. The number of hydrogen-bond acceptors (Lipinski definition) is 4. The minimum atomic E-state index is -0.930. The second-order valence-electron chi connectivity index (χ2n) is 11.3. The van der Waals surface area contributed by atoms with Crippen molar-refractivity contribution in [1.29, 1.82) is 0 Å². The van der Waals surface area contributed by atoms with Crippen LogP contribution in [0.25, 0.3) is 0 Å². The molecule has 0 spiro atoms. The maximum Gasteiger partial charge on any atom is 0.408 e. The lowest BCUT2D eigenvalue weighted by Gasteiger charge is -2.43. The standard InChI is InChI=1S/C29H41N3O4/c1-18-15-16-22(20(3)17-18)24(25(33)31-23-14-12-11-13-19(23)2)32(28(5,6)7)26(34)21(4)30-27(35)36-29(8,9)10/h11-17,21,24H,1-10H3,(H,30,35)(H,31,33). The van der Waals surface area contributed by atoms with Gasteiger partial charge in [0.25, 0.3) is 5.91 Å². The van der Waals surface area contributed by atoms with Crippen molar-refractivity contribution in [2.75, 3.05) is 5.32 Å². The molecule has 2 aromatic carbocycles. The molecule has 36 heavy (non-hydrogen) atoms. The van der Waals surface area contributed by atoms with Gasteiger partial charge in [-0.25, -0.2) is 4.79 Å². The third kappa shape index (κ3) is 7.57. The van der Waals surface area contributed by atoms with E-state index in [1.807, 2.05) is 84.0 Å². The Bertz CT molecular complexity index is 1110. The van der Waals surface area contributed by atoms with Gasteiger partial charge in [0.05, 0.1) is 0 Å². The Labute approximate surface area is 215 Å². The zero-order valence-electron chi connectivity index (χ0n) is 23.3. The Morgan fingerprint density at radius 2 is 1.50 bits per heavy atom. The third-order valence-corrected chi connectivity index (χ3v) is 5.69. The van der Waals surface area contributed by atoms with Crippen molar-refractivity contribution in [2.45, 2.75) is 92.5 Å². The van der Waals surface area contributed by atoms with Crippen LogP contribution in [-0.2, 0) is 14.3 Å². The number of carbonyl (C=O) groups is 3. The summed E-state index contributed by atoms with van der Waals surface area (Å²) < 4.78 is 5.34. The van der Waals surface area contributed by atoms with E-state index in [1.54, 1.807) is 32.6 Å². The Morgan fingerprint density at radius 1 is 0.889 bits per heavy atom. The predicted octanol–water partition coefficient (Wildman–Crippen LogP) is 5.83. The molecule has 0 radical (unpaired) electrons. The predicted molar refractivity (Wildman–Crippen MR) is 144 cm³/mol. The van der Waals surface area contributed by atoms with E-state index in [4.69, 9.17) is 4.74 Å². The van der Waals surface area contributed by atoms with Crippen molar-refractivity contribution in [3.8, 4) is 0 Å². The SMILES string of the molecule is Cc1ccc(C(C(=O)Nc2ccccc2C)N(C(=O)C(C)NC(=O)OC(C)(C)C)C(C)(C)C)c(C)c1. The van der Waals surface area contributed by atoms with E-state index in [2.05, 4.69) is 10.6 Å². The molecule has 2 aromatic rings. The molecule has 0 bridgehead atoms. The number of carbonyl (C=O) groups excluding carboxylic acids is 3. The van der Waals surface area contributed by atoms with Gasteiger partial charge in [-0.3, -0.25) is 9.59 Å². The number of ether oxygens (including phenoxy) is 1. The summed E-state index contributed by atoms with van der Waals surface area (Å²) in [5.41, 5.74) is 2.83. The molecular formula is C29H41N3O4. The lowest BCUT2D eigenvalue weighted by Crippen LogP contribution is -2.57. The normalized spacial score (nSPS) is 13.4. The topological polar surface area (TPSA) is 87.7 Å². The number of rotatable bonds is 6. The number of aryl methyl sites for hydroxylation is 3. The fourth-order valence-corrected chi connectivity index (χ4v) is 4.04. The van der Waals surface area contributed by atoms with Crippen LogP contribution in [0.4, 0.5) is 10.5 Å². The van der Waals surface area contributed by atoms with Crippen LogP contribution in [0.3, 0.4) is 0 Å². The molecule has 0 heterocycles. The van der Waals surface area contributed by atoms with Crippen molar-refractivity contribution in [1.82, 2.24) is 10.2 Å². The van der Waals surface area contributed by atoms with Crippen molar-refractivity contribution in [3.05, 3.63) is 64.7 Å². The Balaban J connectivity index is 2.55. The second-order valence-corrected chi connectivity index (χ2v) is 11.3. The van der Waals surface area contributed by atoms with E-state index >= 15 is 0 Å². The van der Waals surface area contributed by atoms with Crippen molar-refractivity contribution in [3.63, 3.8) is 0 Å². The second kappa shape index (κ2) is 11.1. The van der Waals surface area contributed by atoms with Crippen LogP contribution in [0.15, 0.2) is 42.5 Å². The fourth-order valence-electron chi connectivity index (χ4n) is 4.04. The molecular weight excluding hydrogens is 454 g/mol. The van der Waals surface area contributed by atoms with E-state index in [9.17, 15) is 14.4 Å². The molecule has 2 unspecified atom stereocenters. The van der Waals surface area contributed by atoms with Crippen molar-refractivity contribution < 1.29 is 19.1 Å². The van der Waals surface area contributed by atoms with Gasteiger partial charge in [-0.15, -0.1) is 0 Å². The molecule has 196 valence electrons. The van der Waals surface area contributed by atoms with Gasteiger partial charge in [0.1, 0.15) is 17.7 Å². The van der Waals surface area contributed by atoms with Gasteiger partial charge in [-0.2, -0.15) is 0 Å². The first kappa shape index (κ1) is 28.9. The number of amides is 3. The molecule has 7 nitrogen and oxygen atoms in total. The smallest absolute Gasteiger partial charge is 0.408 e. The lowest BCUT2D eigenvalue weighted by molar-refractivity contribution is -0.146. The van der Waals surface area contributed by atoms with Crippen LogP contribution >= 0.6 is 0 Å². The lowest BCUT2D eigenvalue weighted by atomic mass is 9.92. The van der Waals surface area contributed by atoms with Crippen molar-refractivity contribution >= 4 is 23.6 Å². The van der Waals surface area contributed by atoms with Gasteiger partial charge < -0.3 is 20.3 Å². The molecule has 0 aliphatic rings. The van der Waals surface area contributed by atoms with Crippen LogP contribution in [0.2, 0.25) is 0 Å². The average molecular weight is 496 g/mol. The number of alkyl carbamates (subject to hydrolysis) is 1. The minimum Gasteiger partial charge on any atom is -0.444 e. The number of nitrogens with one attached hydrogen (secondary N) is 2. The molecule has 0 aliphatic carbocycles. The largest absolute Gasteiger partial charge is 0.444 e. The summed E-state index contributed by atoms with van der Waals surface area (Å²) >= 11 is 0. The summed E-state index contributed by atoms with van der Waals surface area (Å²) in [5.74, 6) is -0.720. The molecule has 2 rings (SSSR count). The van der Waals surface area contributed by atoms with E-state index in [-0.39, 0.29) is 5.91 Å².